The number of hydrogen-bond donors (Lipinski definition) is 2. The molecule has 0 bridgehead atoms. The molecule has 9 nitrogen and oxygen atoms in total. The van der Waals surface area contributed by atoms with Gasteiger partial charge in [-0.15, -0.1) is 0 Å². The Kier molecular flexibility index (Phi) is 5.47. The van der Waals surface area contributed by atoms with E-state index < -0.39 is 34.2 Å². The van der Waals surface area contributed by atoms with Gasteiger partial charge in [0.15, 0.2) is 0 Å². The normalized spacial score (nSPS) is 11.1. The smallest absolute Gasteiger partial charge is 0.267 e. The molecule has 0 aliphatic carbocycles. The molecule has 0 fully saturated rings. The highest BCUT2D eigenvalue weighted by Gasteiger charge is 2.31. The zero-order valence-corrected chi connectivity index (χ0v) is 14.1. The maximum Gasteiger partial charge on any atom is 0.416 e. The van der Waals surface area contributed by atoms with E-state index in [9.17, 15) is 32.9 Å². The standard InChI is InChI=1S/C15H14F3N5O4/c1-3-22-12(11(23(26)27)8(2)21-22)14(25)20-19-13(24)9-4-6-10(7-5-9)15(16,17)18/h4-7H,3H2,1-2H3,(H,19,24)(H,20,25). The fraction of sp³-hybridized carbons (Fsp3) is 0.267. The third-order valence-corrected chi connectivity index (χ3v) is 3.56. The minimum Gasteiger partial charge on any atom is -0.267 e. The molecule has 2 aromatic rings. The number of carbonyl (C=O) groups excluding carboxylic acids is 2. The Labute approximate surface area is 150 Å². The molecule has 1 aromatic heterocycles. The fourth-order valence-corrected chi connectivity index (χ4v) is 2.30. The van der Waals surface area contributed by atoms with E-state index in [1.165, 1.54) is 6.92 Å². The van der Waals surface area contributed by atoms with Gasteiger partial charge in [-0.05, 0) is 38.1 Å². The third-order valence-electron chi connectivity index (χ3n) is 3.56. The number of nitrogens with zero attached hydrogens (tertiary/aromatic N) is 3. The summed E-state index contributed by atoms with van der Waals surface area (Å²) in [6.07, 6.45) is -4.54. The van der Waals surface area contributed by atoms with Gasteiger partial charge in [0.05, 0.1) is 10.5 Å². The van der Waals surface area contributed by atoms with E-state index in [-0.39, 0.29) is 23.5 Å². The summed E-state index contributed by atoms with van der Waals surface area (Å²) >= 11 is 0. The number of rotatable bonds is 4. The summed E-state index contributed by atoms with van der Waals surface area (Å²) in [7, 11) is 0. The summed E-state index contributed by atoms with van der Waals surface area (Å²) in [6, 6.07) is 3.31. The highest BCUT2D eigenvalue weighted by atomic mass is 19.4. The number of halogens is 3. The molecular weight excluding hydrogens is 371 g/mol. The van der Waals surface area contributed by atoms with Crippen LogP contribution in [0.2, 0.25) is 0 Å². The lowest BCUT2D eigenvalue weighted by molar-refractivity contribution is -0.385. The second kappa shape index (κ2) is 7.43. The van der Waals surface area contributed by atoms with Gasteiger partial charge in [-0.3, -0.25) is 35.2 Å². The largest absolute Gasteiger partial charge is 0.416 e. The van der Waals surface area contributed by atoms with Crippen LogP contribution in [0.3, 0.4) is 0 Å². The van der Waals surface area contributed by atoms with Crippen LogP contribution in [0.5, 0.6) is 0 Å². The van der Waals surface area contributed by atoms with Gasteiger partial charge in [-0.25, -0.2) is 0 Å². The molecule has 2 amide bonds. The van der Waals surface area contributed by atoms with Crippen LogP contribution in [0.15, 0.2) is 24.3 Å². The van der Waals surface area contributed by atoms with Crippen LogP contribution in [0.4, 0.5) is 18.9 Å². The van der Waals surface area contributed by atoms with Gasteiger partial charge in [-0.1, -0.05) is 0 Å². The number of hydrogen-bond acceptors (Lipinski definition) is 5. The van der Waals surface area contributed by atoms with Crippen LogP contribution in [-0.2, 0) is 12.7 Å². The van der Waals surface area contributed by atoms with Crippen LogP contribution in [0.25, 0.3) is 0 Å². The minimum absolute atomic E-state index is 0.0288. The molecule has 0 saturated carbocycles. The first-order valence-corrected chi connectivity index (χ1v) is 7.56. The van der Waals surface area contributed by atoms with Crippen LogP contribution in [0, 0.1) is 17.0 Å². The maximum atomic E-state index is 12.5. The van der Waals surface area contributed by atoms with E-state index in [0.717, 1.165) is 28.9 Å². The monoisotopic (exact) mass is 385 g/mol. The number of nitrogens with one attached hydrogen (secondary N) is 2. The van der Waals surface area contributed by atoms with Crippen LogP contribution in [-0.4, -0.2) is 26.5 Å². The van der Waals surface area contributed by atoms with Crippen molar-refractivity contribution in [3.05, 3.63) is 56.9 Å². The molecule has 12 heteroatoms. The van der Waals surface area contributed by atoms with Crippen molar-refractivity contribution in [3.63, 3.8) is 0 Å². The zero-order chi connectivity index (χ0) is 20.4. The van der Waals surface area contributed by atoms with Gasteiger partial charge >= 0.3 is 11.9 Å². The van der Waals surface area contributed by atoms with E-state index in [0.29, 0.717) is 0 Å². The Morgan fingerprint density at radius 1 is 1.19 bits per heavy atom. The molecule has 0 aliphatic rings. The van der Waals surface area contributed by atoms with Gasteiger partial charge in [0.25, 0.3) is 11.8 Å². The van der Waals surface area contributed by atoms with Crippen molar-refractivity contribution in [1.82, 2.24) is 20.6 Å². The zero-order valence-electron chi connectivity index (χ0n) is 14.1. The molecule has 0 spiro atoms. The summed E-state index contributed by atoms with van der Waals surface area (Å²) in [4.78, 5) is 34.6. The van der Waals surface area contributed by atoms with E-state index in [1.54, 1.807) is 6.92 Å². The Bertz CT molecular complexity index is 890. The average molecular weight is 385 g/mol. The number of aromatic nitrogens is 2. The molecular formula is C15H14F3N5O4. The van der Waals surface area contributed by atoms with Gasteiger partial charge in [0.1, 0.15) is 5.69 Å². The lowest BCUT2D eigenvalue weighted by atomic mass is 10.1. The fourth-order valence-electron chi connectivity index (χ4n) is 2.30. The molecule has 27 heavy (non-hydrogen) atoms. The first-order valence-electron chi connectivity index (χ1n) is 7.56. The van der Waals surface area contributed by atoms with Crippen LogP contribution < -0.4 is 10.9 Å². The van der Waals surface area contributed by atoms with E-state index in [1.807, 2.05) is 10.9 Å². The van der Waals surface area contributed by atoms with Crippen LogP contribution >= 0.6 is 0 Å². The first-order chi connectivity index (χ1) is 12.6. The molecule has 0 saturated heterocycles. The number of benzene rings is 1. The van der Waals surface area contributed by atoms with Crippen molar-refractivity contribution in [2.45, 2.75) is 26.6 Å². The molecule has 0 unspecified atom stereocenters. The molecule has 0 radical (unpaired) electrons. The van der Waals surface area contributed by atoms with Crippen molar-refractivity contribution in [3.8, 4) is 0 Å². The number of carbonyl (C=O) groups is 2. The highest BCUT2D eigenvalue weighted by Crippen LogP contribution is 2.29. The lowest BCUT2D eigenvalue weighted by Gasteiger charge is -2.09. The SMILES string of the molecule is CCn1nc(C)c([N+](=O)[O-])c1C(=O)NNC(=O)c1ccc(C(F)(F)F)cc1. The summed E-state index contributed by atoms with van der Waals surface area (Å²) in [6.45, 7) is 3.15. The second-order valence-corrected chi connectivity index (χ2v) is 5.34. The number of hydrazine groups is 1. The summed E-state index contributed by atoms with van der Waals surface area (Å²) in [5.74, 6) is -1.87. The van der Waals surface area contributed by atoms with Gasteiger partial charge in [0, 0.05) is 12.1 Å². The van der Waals surface area contributed by atoms with Gasteiger partial charge < -0.3 is 0 Å². The molecule has 2 N–H and O–H groups in total. The molecule has 1 heterocycles. The number of alkyl halides is 3. The second-order valence-electron chi connectivity index (χ2n) is 5.34. The van der Waals surface area contributed by atoms with Crippen molar-refractivity contribution in [2.24, 2.45) is 0 Å². The quantitative estimate of drug-likeness (QED) is 0.618. The summed E-state index contributed by atoms with van der Waals surface area (Å²) < 4.78 is 38.7. The third kappa shape index (κ3) is 4.22. The molecule has 0 aliphatic heterocycles. The molecule has 1 aromatic carbocycles. The van der Waals surface area contributed by atoms with Crippen molar-refractivity contribution in [1.29, 1.82) is 0 Å². The summed E-state index contributed by atoms with van der Waals surface area (Å²) in [5, 5.41) is 15.0. The predicted molar refractivity (Wildman–Crippen MR) is 85.7 cm³/mol. The predicted octanol–water partition coefficient (Wildman–Crippen LogP) is 2.21. The highest BCUT2D eigenvalue weighted by molar-refractivity contribution is 6.00. The van der Waals surface area contributed by atoms with Crippen LogP contribution in [0.1, 0.15) is 39.0 Å². The van der Waals surface area contributed by atoms with Crippen molar-refractivity contribution in [2.75, 3.05) is 0 Å². The molecule has 2 rings (SSSR count). The van der Waals surface area contributed by atoms with Crippen molar-refractivity contribution < 1.29 is 27.7 Å². The number of aryl methyl sites for hydroxylation is 2. The van der Waals surface area contributed by atoms with E-state index in [4.69, 9.17) is 0 Å². The minimum atomic E-state index is -4.54. The first kappa shape index (κ1) is 19.9. The van der Waals surface area contributed by atoms with Gasteiger partial charge in [0.2, 0.25) is 5.69 Å². The van der Waals surface area contributed by atoms with Gasteiger partial charge in [-0.2, -0.15) is 18.3 Å². The molecule has 0 atom stereocenters. The Hall–Kier alpha value is -3.44. The topological polar surface area (TPSA) is 119 Å². The Balaban J connectivity index is 2.14. The summed E-state index contributed by atoms with van der Waals surface area (Å²) in [5.41, 5.74) is 2.10. The molecule has 144 valence electrons. The van der Waals surface area contributed by atoms with E-state index >= 15 is 0 Å². The number of amides is 2. The average Bonchev–Trinajstić information content (AvgIpc) is 2.95. The maximum absolute atomic E-state index is 12.5. The Morgan fingerprint density at radius 2 is 1.74 bits per heavy atom. The van der Waals surface area contributed by atoms with Crippen molar-refractivity contribution >= 4 is 17.5 Å². The number of nitro groups is 1. The van der Waals surface area contributed by atoms with E-state index in [2.05, 4.69) is 5.10 Å². The lowest BCUT2D eigenvalue weighted by Crippen LogP contribution is -2.42. The Morgan fingerprint density at radius 3 is 2.22 bits per heavy atom.